The number of ether oxygens (including phenoxy) is 1. The molecule has 0 spiro atoms. The molecule has 0 aliphatic carbocycles. The molecule has 4 atom stereocenters. The van der Waals surface area contributed by atoms with Gasteiger partial charge in [-0.15, -0.1) is 0 Å². The first-order valence-corrected chi connectivity index (χ1v) is 9.75. The molecule has 0 amide bonds. The maximum atomic E-state index is 10.4. The van der Waals surface area contributed by atoms with Crippen molar-refractivity contribution in [3.63, 3.8) is 0 Å². The van der Waals surface area contributed by atoms with Crippen molar-refractivity contribution >= 4 is 27.8 Å². The highest BCUT2D eigenvalue weighted by molar-refractivity contribution is 5.86. The fourth-order valence-electron chi connectivity index (χ4n) is 3.95. The van der Waals surface area contributed by atoms with E-state index in [9.17, 15) is 10.2 Å². The summed E-state index contributed by atoms with van der Waals surface area (Å²) >= 11 is 0. The van der Waals surface area contributed by atoms with Gasteiger partial charge in [-0.25, -0.2) is 15.0 Å². The van der Waals surface area contributed by atoms with Crippen LogP contribution in [0.4, 0.5) is 5.82 Å². The van der Waals surface area contributed by atoms with E-state index in [1.54, 1.807) is 10.9 Å². The van der Waals surface area contributed by atoms with Crippen LogP contribution in [0.2, 0.25) is 0 Å². The topological polar surface area (TPSA) is 131 Å². The maximum Gasteiger partial charge on any atom is 0.167 e. The van der Waals surface area contributed by atoms with Crippen LogP contribution in [0.1, 0.15) is 11.8 Å². The summed E-state index contributed by atoms with van der Waals surface area (Å²) in [5, 5.41) is 25.5. The first-order chi connectivity index (χ1) is 14.7. The summed E-state index contributed by atoms with van der Waals surface area (Å²) < 4.78 is 7.35. The molecule has 0 bridgehead atoms. The number of benzene rings is 2. The summed E-state index contributed by atoms with van der Waals surface area (Å²) in [4.78, 5) is 13.1. The van der Waals surface area contributed by atoms with Crippen LogP contribution in [0.15, 0.2) is 55.1 Å². The zero-order chi connectivity index (χ0) is 20.7. The SMILES string of the molecule is N[C@H]1[C@@H](O)[C@H](n2cnc3c(NCc4cccc5ccccc45)ncnc32)O[C@@H]1CO. The van der Waals surface area contributed by atoms with E-state index in [0.717, 1.165) is 5.56 Å². The van der Waals surface area contributed by atoms with Gasteiger partial charge in [-0.2, -0.15) is 0 Å². The van der Waals surface area contributed by atoms with E-state index >= 15 is 0 Å². The third-order valence-corrected chi connectivity index (χ3v) is 5.57. The van der Waals surface area contributed by atoms with Gasteiger partial charge in [-0.1, -0.05) is 42.5 Å². The van der Waals surface area contributed by atoms with Crippen molar-refractivity contribution in [2.45, 2.75) is 31.0 Å². The van der Waals surface area contributed by atoms with Crippen LogP contribution in [-0.4, -0.2) is 54.6 Å². The van der Waals surface area contributed by atoms with Gasteiger partial charge >= 0.3 is 0 Å². The minimum Gasteiger partial charge on any atom is -0.394 e. The van der Waals surface area contributed by atoms with Gasteiger partial charge in [0.25, 0.3) is 0 Å². The molecular formula is C21H22N6O3. The Balaban J connectivity index is 1.44. The lowest BCUT2D eigenvalue weighted by Gasteiger charge is -2.16. The number of fused-ring (bicyclic) bond motifs is 2. The molecule has 2 aromatic heterocycles. The number of aliphatic hydroxyl groups is 2. The summed E-state index contributed by atoms with van der Waals surface area (Å²) in [5.74, 6) is 0.585. The van der Waals surface area contributed by atoms with Crippen molar-refractivity contribution in [3.05, 3.63) is 60.7 Å². The molecule has 154 valence electrons. The van der Waals surface area contributed by atoms with Gasteiger partial charge < -0.3 is 26.0 Å². The Kier molecular flexibility index (Phi) is 4.80. The quantitative estimate of drug-likeness (QED) is 0.388. The average Bonchev–Trinajstić information content (AvgIpc) is 3.33. The van der Waals surface area contributed by atoms with Crippen molar-refractivity contribution in [1.82, 2.24) is 19.5 Å². The number of hydrogen-bond donors (Lipinski definition) is 4. The molecule has 3 heterocycles. The second kappa shape index (κ2) is 7.62. The highest BCUT2D eigenvalue weighted by Gasteiger charge is 2.42. The van der Waals surface area contributed by atoms with Gasteiger partial charge in [0, 0.05) is 6.54 Å². The molecular weight excluding hydrogens is 384 g/mol. The van der Waals surface area contributed by atoms with E-state index in [0.29, 0.717) is 23.5 Å². The molecule has 5 N–H and O–H groups in total. The fourth-order valence-corrected chi connectivity index (χ4v) is 3.95. The lowest BCUT2D eigenvalue weighted by atomic mass is 10.0. The van der Waals surface area contributed by atoms with Crippen LogP contribution >= 0.6 is 0 Å². The Morgan fingerprint density at radius 2 is 1.93 bits per heavy atom. The fraction of sp³-hybridized carbons (Fsp3) is 0.286. The summed E-state index contributed by atoms with van der Waals surface area (Å²) in [7, 11) is 0. The standard InChI is InChI=1S/C21H22N6O3/c22-16-15(9-28)30-21(18(16)29)27-11-26-17-19(24-10-25-20(17)27)23-8-13-6-3-5-12-4-1-2-7-14(12)13/h1-7,10-11,15-16,18,21,28-29H,8-9,22H2,(H,23,24,25)/t15-,16-,18-,21-/m1/s1. The van der Waals surface area contributed by atoms with Crippen molar-refractivity contribution in [3.8, 4) is 0 Å². The molecule has 1 fully saturated rings. The predicted molar refractivity (Wildman–Crippen MR) is 112 cm³/mol. The Bertz CT molecular complexity index is 1190. The molecule has 1 aliphatic rings. The monoisotopic (exact) mass is 406 g/mol. The molecule has 5 rings (SSSR count). The molecule has 1 saturated heterocycles. The number of aromatic nitrogens is 4. The van der Waals surface area contributed by atoms with Crippen LogP contribution in [0.25, 0.3) is 21.9 Å². The highest BCUT2D eigenvalue weighted by atomic mass is 16.5. The van der Waals surface area contributed by atoms with Crippen molar-refractivity contribution in [2.24, 2.45) is 5.73 Å². The van der Waals surface area contributed by atoms with Gasteiger partial charge in [0.05, 0.1) is 19.0 Å². The smallest absolute Gasteiger partial charge is 0.167 e. The van der Waals surface area contributed by atoms with E-state index in [-0.39, 0.29) is 6.61 Å². The highest BCUT2D eigenvalue weighted by Crippen LogP contribution is 2.31. The summed E-state index contributed by atoms with van der Waals surface area (Å²) in [5.41, 5.74) is 8.17. The minimum atomic E-state index is -0.985. The van der Waals surface area contributed by atoms with Crippen molar-refractivity contribution < 1.29 is 14.9 Å². The van der Waals surface area contributed by atoms with Crippen molar-refractivity contribution in [2.75, 3.05) is 11.9 Å². The summed E-state index contributed by atoms with van der Waals surface area (Å²) in [6, 6.07) is 13.7. The number of imidazole rings is 1. The van der Waals surface area contributed by atoms with E-state index in [1.165, 1.54) is 17.1 Å². The number of rotatable bonds is 5. The van der Waals surface area contributed by atoms with Gasteiger partial charge in [0.2, 0.25) is 0 Å². The lowest BCUT2D eigenvalue weighted by Crippen LogP contribution is -2.41. The number of nitrogens with two attached hydrogens (primary N) is 1. The molecule has 0 radical (unpaired) electrons. The second-order valence-corrected chi connectivity index (χ2v) is 7.35. The normalized spacial score (nSPS) is 24.0. The Morgan fingerprint density at radius 1 is 1.10 bits per heavy atom. The molecule has 0 saturated carbocycles. The molecule has 2 aromatic carbocycles. The Labute approximate surface area is 172 Å². The van der Waals surface area contributed by atoms with Crippen LogP contribution in [0.3, 0.4) is 0 Å². The molecule has 9 heteroatoms. The Morgan fingerprint density at radius 3 is 2.77 bits per heavy atom. The lowest BCUT2D eigenvalue weighted by molar-refractivity contribution is -0.0488. The number of anilines is 1. The largest absolute Gasteiger partial charge is 0.394 e. The first kappa shape index (κ1) is 18.9. The number of hydrogen-bond acceptors (Lipinski definition) is 8. The van der Waals surface area contributed by atoms with Crippen molar-refractivity contribution in [1.29, 1.82) is 0 Å². The number of aliphatic hydroxyl groups excluding tert-OH is 2. The van der Waals surface area contributed by atoms with Crippen LogP contribution in [-0.2, 0) is 11.3 Å². The van der Waals surface area contributed by atoms with Crippen LogP contribution in [0.5, 0.6) is 0 Å². The van der Waals surface area contributed by atoms with Gasteiger partial charge in [-0.3, -0.25) is 4.57 Å². The zero-order valence-electron chi connectivity index (χ0n) is 16.1. The minimum absolute atomic E-state index is 0.270. The molecule has 30 heavy (non-hydrogen) atoms. The first-order valence-electron chi connectivity index (χ1n) is 9.75. The predicted octanol–water partition coefficient (Wildman–Crippen LogP) is 1.17. The van der Waals surface area contributed by atoms with Crippen LogP contribution in [0, 0.1) is 0 Å². The van der Waals surface area contributed by atoms with E-state index in [4.69, 9.17) is 10.5 Å². The molecule has 4 aromatic rings. The summed E-state index contributed by atoms with van der Waals surface area (Å²) in [6.45, 7) is 0.300. The zero-order valence-corrected chi connectivity index (χ0v) is 16.1. The summed E-state index contributed by atoms with van der Waals surface area (Å²) in [6.07, 6.45) is 0.581. The molecule has 9 nitrogen and oxygen atoms in total. The number of nitrogens with zero attached hydrogens (tertiary/aromatic N) is 4. The van der Waals surface area contributed by atoms with E-state index in [1.807, 2.05) is 18.2 Å². The molecule has 1 aliphatic heterocycles. The molecule has 0 unspecified atom stereocenters. The third-order valence-electron chi connectivity index (χ3n) is 5.57. The van der Waals surface area contributed by atoms with E-state index in [2.05, 4.69) is 44.5 Å². The van der Waals surface area contributed by atoms with Gasteiger partial charge in [0.1, 0.15) is 18.5 Å². The average molecular weight is 406 g/mol. The van der Waals surface area contributed by atoms with Gasteiger partial charge in [0.15, 0.2) is 23.2 Å². The third kappa shape index (κ3) is 3.08. The maximum absolute atomic E-state index is 10.4. The number of nitrogens with one attached hydrogen (secondary N) is 1. The van der Waals surface area contributed by atoms with E-state index < -0.39 is 24.5 Å². The van der Waals surface area contributed by atoms with Gasteiger partial charge in [-0.05, 0) is 16.3 Å². The van der Waals surface area contributed by atoms with Crippen LogP contribution < -0.4 is 11.1 Å². The Hall–Kier alpha value is -3.11. The second-order valence-electron chi connectivity index (χ2n) is 7.35.